The highest BCUT2D eigenvalue weighted by molar-refractivity contribution is 5.85. The van der Waals surface area contributed by atoms with Crippen LogP contribution in [0.5, 0.6) is 0 Å². The second-order valence-electron chi connectivity index (χ2n) is 4.45. The van der Waals surface area contributed by atoms with Crippen molar-refractivity contribution in [3.05, 3.63) is 29.5 Å². The number of nitrogens with zero attached hydrogens (tertiary/aromatic N) is 1. The molecule has 16 heavy (non-hydrogen) atoms. The van der Waals surface area contributed by atoms with Gasteiger partial charge in [0.2, 0.25) is 0 Å². The Labute approximate surface area is 95.8 Å². The number of hydrogen-bond acceptors (Lipinski definition) is 3. The van der Waals surface area contributed by atoms with Crippen molar-refractivity contribution in [2.45, 2.75) is 13.3 Å². The van der Waals surface area contributed by atoms with Crippen LogP contribution in [-0.2, 0) is 6.42 Å². The minimum absolute atomic E-state index is 0.791. The van der Waals surface area contributed by atoms with Gasteiger partial charge in [0.25, 0.3) is 0 Å². The van der Waals surface area contributed by atoms with E-state index in [1.165, 1.54) is 5.56 Å². The van der Waals surface area contributed by atoms with Crippen LogP contribution in [0.15, 0.2) is 22.6 Å². The zero-order valence-electron chi connectivity index (χ0n) is 10.1. The monoisotopic (exact) mass is 218 g/mol. The van der Waals surface area contributed by atoms with Crippen molar-refractivity contribution in [3.63, 3.8) is 0 Å². The number of furan rings is 1. The minimum atomic E-state index is 0.791. The molecule has 0 aliphatic carbocycles. The summed E-state index contributed by atoms with van der Waals surface area (Å²) >= 11 is 0. The Bertz CT molecular complexity index is 500. The molecule has 0 unspecified atom stereocenters. The number of aryl methyl sites for hydroxylation is 1. The van der Waals surface area contributed by atoms with E-state index in [9.17, 15) is 0 Å². The maximum atomic E-state index is 5.81. The van der Waals surface area contributed by atoms with Crippen molar-refractivity contribution >= 4 is 16.7 Å². The summed E-state index contributed by atoms with van der Waals surface area (Å²) in [5.74, 6) is 1.00. The number of anilines is 1. The van der Waals surface area contributed by atoms with Crippen LogP contribution in [0.25, 0.3) is 11.0 Å². The van der Waals surface area contributed by atoms with Gasteiger partial charge in [-0.05, 0) is 45.6 Å². The SMILES string of the molecule is Cc1oc2ccc(N)cc2c1CCN(C)C. The van der Waals surface area contributed by atoms with Crippen LogP contribution >= 0.6 is 0 Å². The molecule has 0 spiro atoms. The maximum absolute atomic E-state index is 5.81. The lowest BCUT2D eigenvalue weighted by atomic mass is 10.1. The Kier molecular flexibility index (Phi) is 2.88. The van der Waals surface area contributed by atoms with E-state index in [-0.39, 0.29) is 0 Å². The molecular weight excluding hydrogens is 200 g/mol. The van der Waals surface area contributed by atoms with Crippen molar-refractivity contribution < 1.29 is 4.42 Å². The Hall–Kier alpha value is -1.48. The first-order valence-electron chi connectivity index (χ1n) is 5.50. The molecule has 0 amide bonds. The first kappa shape index (κ1) is 11.0. The van der Waals surface area contributed by atoms with Gasteiger partial charge in [-0.3, -0.25) is 0 Å². The molecule has 0 atom stereocenters. The lowest BCUT2D eigenvalue weighted by Gasteiger charge is -2.08. The number of nitrogens with two attached hydrogens (primary N) is 1. The van der Waals surface area contributed by atoms with E-state index in [0.717, 1.165) is 35.4 Å². The van der Waals surface area contributed by atoms with Gasteiger partial charge in [-0.1, -0.05) is 0 Å². The lowest BCUT2D eigenvalue weighted by molar-refractivity contribution is 0.412. The highest BCUT2D eigenvalue weighted by Crippen LogP contribution is 2.27. The van der Waals surface area contributed by atoms with Crippen LogP contribution in [-0.4, -0.2) is 25.5 Å². The molecule has 0 bridgehead atoms. The summed E-state index contributed by atoms with van der Waals surface area (Å²) in [6.45, 7) is 3.03. The maximum Gasteiger partial charge on any atom is 0.134 e. The molecular formula is C13H18N2O. The molecule has 86 valence electrons. The average molecular weight is 218 g/mol. The van der Waals surface area contributed by atoms with E-state index in [2.05, 4.69) is 19.0 Å². The topological polar surface area (TPSA) is 42.4 Å². The van der Waals surface area contributed by atoms with Crippen molar-refractivity contribution in [2.75, 3.05) is 26.4 Å². The van der Waals surface area contributed by atoms with E-state index in [0.29, 0.717) is 0 Å². The van der Waals surface area contributed by atoms with E-state index in [1.807, 2.05) is 25.1 Å². The van der Waals surface area contributed by atoms with E-state index >= 15 is 0 Å². The van der Waals surface area contributed by atoms with Gasteiger partial charge in [0.1, 0.15) is 11.3 Å². The third kappa shape index (κ3) is 2.04. The molecule has 1 heterocycles. The first-order valence-corrected chi connectivity index (χ1v) is 5.50. The van der Waals surface area contributed by atoms with E-state index < -0.39 is 0 Å². The molecule has 0 fully saturated rings. The molecule has 1 aromatic carbocycles. The van der Waals surface area contributed by atoms with Crippen LogP contribution in [0, 0.1) is 6.92 Å². The summed E-state index contributed by atoms with van der Waals surface area (Å²) in [6.07, 6.45) is 0.995. The van der Waals surface area contributed by atoms with Gasteiger partial charge in [-0.15, -0.1) is 0 Å². The summed E-state index contributed by atoms with van der Waals surface area (Å²) in [5.41, 5.74) is 8.80. The molecule has 0 aliphatic rings. The third-order valence-electron chi connectivity index (χ3n) is 2.83. The van der Waals surface area contributed by atoms with E-state index in [4.69, 9.17) is 10.2 Å². The summed E-state index contributed by atoms with van der Waals surface area (Å²) in [7, 11) is 4.15. The Morgan fingerprint density at radius 3 is 2.75 bits per heavy atom. The Morgan fingerprint density at radius 1 is 1.31 bits per heavy atom. The summed E-state index contributed by atoms with van der Waals surface area (Å²) < 4.78 is 5.71. The number of likely N-dealkylation sites (N-methyl/N-ethyl adjacent to an activating group) is 1. The van der Waals surface area contributed by atoms with Crippen molar-refractivity contribution in [1.29, 1.82) is 0 Å². The predicted molar refractivity (Wildman–Crippen MR) is 67.6 cm³/mol. The fraction of sp³-hybridized carbons (Fsp3) is 0.385. The van der Waals surface area contributed by atoms with Crippen molar-refractivity contribution in [2.24, 2.45) is 0 Å². The second-order valence-corrected chi connectivity index (χ2v) is 4.45. The number of fused-ring (bicyclic) bond motifs is 1. The van der Waals surface area contributed by atoms with Gasteiger partial charge < -0.3 is 15.1 Å². The molecule has 0 saturated carbocycles. The van der Waals surface area contributed by atoms with Crippen LogP contribution in [0.2, 0.25) is 0 Å². The van der Waals surface area contributed by atoms with Crippen LogP contribution in [0.4, 0.5) is 5.69 Å². The summed E-state index contributed by atoms with van der Waals surface area (Å²) in [4.78, 5) is 2.17. The standard InChI is InChI=1S/C13H18N2O/c1-9-11(6-7-15(2)3)12-8-10(14)4-5-13(12)16-9/h4-5,8H,6-7,14H2,1-3H3. The molecule has 1 aromatic heterocycles. The molecule has 2 N–H and O–H groups in total. The second kappa shape index (κ2) is 4.18. The number of benzene rings is 1. The van der Waals surface area contributed by atoms with Gasteiger partial charge in [0.05, 0.1) is 0 Å². The zero-order chi connectivity index (χ0) is 11.7. The van der Waals surface area contributed by atoms with Gasteiger partial charge in [0, 0.05) is 23.2 Å². The first-order chi connectivity index (χ1) is 7.58. The molecule has 0 saturated heterocycles. The fourth-order valence-electron chi connectivity index (χ4n) is 1.93. The normalized spacial score (nSPS) is 11.5. The quantitative estimate of drug-likeness (QED) is 0.804. The molecule has 2 rings (SSSR count). The Balaban J connectivity index is 2.42. The van der Waals surface area contributed by atoms with Gasteiger partial charge in [-0.2, -0.15) is 0 Å². The van der Waals surface area contributed by atoms with E-state index in [1.54, 1.807) is 0 Å². The predicted octanol–water partition coefficient (Wildman–Crippen LogP) is 2.43. The largest absolute Gasteiger partial charge is 0.461 e. The smallest absolute Gasteiger partial charge is 0.134 e. The van der Waals surface area contributed by atoms with Gasteiger partial charge >= 0.3 is 0 Å². The lowest BCUT2D eigenvalue weighted by Crippen LogP contribution is -2.15. The third-order valence-corrected chi connectivity index (χ3v) is 2.83. The van der Waals surface area contributed by atoms with Crippen LogP contribution in [0.3, 0.4) is 0 Å². The van der Waals surface area contributed by atoms with Gasteiger partial charge in [0.15, 0.2) is 0 Å². The number of hydrogen-bond donors (Lipinski definition) is 1. The van der Waals surface area contributed by atoms with Crippen LogP contribution in [0.1, 0.15) is 11.3 Å². The van der Waals surface area contributed by atoms with Crippen molar-refractivity contribution in [1.82, 2.24) is 4.90 Å². The number of rotatable bonds is 3. The highest BCUT2D eigenvalue weighted by Gasteiger charge is 2.10. The molecule has 3 heteroatoms. The average Bonchev–Trinajstić information content (AvgIpc) is 2.51. The zero-order valence-corrected chi connectivity index (χ0v) is 10.1. The molecule has 3 nitrogen and oxygen atoms in total. The Morgan fingerprint density at radius 2 is 2.06 bits per heavy atom. The molecule has 0 aliphatic heterocycles. The summed E-state index contributed by atoms with van der Waals surface area (Å²) in [5, 5.41) is 1.15. The molecule has 2 aromatic rings. The summed E-state index contributed by atoms with van der Waals surface area (Å²) in [6, 6.07) is 5.81. The van der Waals surface area contributed by atoms with Gasteiger partial charge in [-0.25, -0.2) is 0 Å². The molecule has 0 radical (unpaired) electrons. The minimum Gasteiger partial charge on any atom is -0.461 e. The van der Waals surface area contributed by atoms with Crippen molar-refractivity contribution in [3.8, 4) is 0 Å². The highest BCUT2D eigenvalue weighted by atomic mass is 16.3. The van der Waals surface area contributed by atoms with Crippen LogP contribution < -0.4 is 5.73 Å². The fourth-order valence-corrected chi connectivity index (χ4v) is 1.93. The number of nitrogen functional groups attached to an aromatic ring is 1.